The number of hydrogen-bond donors (Lipinski definition) is 0. The third kappa shape index (κ3) is 6.04. The maximum atomic E-state index is 15.7. The summed E-state index contributed by atoms with van der Waals surface area (Å²) in [6.07, 6.45) is -2.13. The van der Waals surface area contributed by atoms with Crippen LogP contribution in [0, 0.1) is 0 Å². The fourth-order valence-corrected chi connectivity index (χ4v) is 3.19. The third-order valence-corrected chi connectivity index (χ3v) is 4.70. The molecule has 1 unspecified atom stereocenters. The lowest BCUT2D eigenvalue weighted by molar-refractivity contribution is -0.150. The summed E-state index contributed by atoms with van der Waals surface area (Å²) in [6, 6.07) is 0. The highest BCUT2D eigenvalue weighted by molar-refractivity contribution is 7.65. The highest BCUT2D eigenvalue weighted by atomic mass is 31.2. The molecule has 0 aromatic carbocycles. The Balaban J connectivity index is 3.53. The summed E-state index contributed by atoms with van der Waals surface area (Å²) < 4.78 is 42.8. The van der Waals surface area contributed by atoms with Crippen molar-refractivity contribution < 1.29 is 37.5 Å². The van der Waals surface area contributed by atoms with Crippen molar-refractivity contribution in [2.45, 2.75) is 70.4 Å². The average molecular weight is 435 g/mol. The number of nitrogens with zero attached hydrogens (tertiary/aromatic N) is 1. The fraction of sp³-hybridized carbons (Fsp3) is 0.737. The molecule has 1 aliphatic carbocycles. The Morgan fingerprint density at radius 2 is 1.41 bits per heavy atom. The maximum Gasteiger partial charge on any atom is 0.421 e. The van der Waals surface area contributed by atoms with Gasteiger partial charge in [-0.05, 0) is 66.8 Å². The van der Waals surface area contributed by atoms with E-state index in [1.807, 2.05) is 0 Å². The van der Waals surface area contributed by atoms with E-state index in [0.717, 1.165) is 19.0 Å². The number of amides is 2. The quantitative estimate of drug-likeness (QED) is 0.368. The Kier molecular flexibility index (Phi) is 6.71. The van der Waals surface area contributed by atoms with Crippen molar-refractivity contribution in [2.75, 3.05) is 20.4 Å². The van der Waals surface area contributed by atoms with Gasteiger partial charge in [0.1, 0.15) is 18.3 Å². The fourth-order valence-electron chi connectivity index (χ4n) is 2.59. The van der Waals surface area contributed by atoms with Crippen molar-refractivity contribution in [2.24, 2.45) is 0 Å². The second-order valence-corrected chi connectivity index (χ2v) is 12.6. The first-order valence-corrected chi connectivity index (χ1v) is 11.7. The largest absolute Gasteiger partial charge is 0.467 e. The van der Waals surface area contributed by atoms with Gasteiger partial charge in [-0.15, -0.1) is 0 Å². The third-order valence-electron chi connectivity index (χ3n) is 3.83. The van der Waals surface area contributed by atoms with Crippen LogP contribution in [0.3, 0.4) is 0 Å². The van der Waals surface area contributed by atoms with Crippen LogP contribution in [0.25, 0.3) is 0 Å². The van der Waals surface area contributed by atoms with Crippen molar-refractivity contribution in [3.05, 3.63) is 11.9 Å². The van der Waals surface area contributed by atoms with Gasteiger partial charge in [0.25, 0.3) is 0 Å². The van der Waals surface area contributed by atoms with Gasteiger partial charge in [-0.1, -0.05) is 0 Å². The van der Waals surface area contributed by atoms with Gasteiger partial charge in [0.15, 0.2) is 11.2 Å². The molecule has 10 heteroatoms. The zero-order valence-corrected chi connectivity index (χ0v) is 19.4. The summed E-state index contributed by atoms with van der Waals surface area (Å²) in [7, 11) is -1.77. The van der Waals surface area contributed by atoms with E-state index in [0.29, 0.717) is 4.90 Å². The number of rotatable bonds is 4. The van der Waals surface area contributed by atoms with Gasteiger partial charge in [0.05, 0.1) is 7.11 Å². The van der Waals surface area contributed by atoms with Crippen LogP contribution in [0.4, 0.5) is 14.0 Å². The molecule has 0 aromatic rings. The molecular formula is C19H31FNO7P. The summed E-state index contributed by atoms with van der Waals surface area (Å²) >= 11 is 0. The molecule has 166 valence electrons. The lowest BCUT2D eigenvalue weighted by atomic mass is 10.1. The van der Waals surface area contributed by atoms with Crippen molar-refractivity contribution in [1.29, 1.82) is 0 Å². The van der Waals surface area contributed by atoms with E-state index in [1.165, 1.54) is 13.3 Å². The monoisotopic (exact) mass is 435 g/mol. The summed E-state index contributed by atoms with van der Waals surface area (Å²) in [5.41, 5.74) is -6.85. The second kappa shape index (κ2) is 7.74. The molecule has 0 aliphatic heterocycles. The van der Waals surface area contributed by atoms with E-state index in [1.54, 1.807) is 41.5 Å². The van der Waals surface area contributed by atoms with Crippen LogP contribution < -0.4 is 0 Å². The van der Waals surface area contributed by atoms with Crippen molar-refractivity contribution >= 4 is 25.3 Å². The highest BCUT2D eigenvalue weighted by Crippen LogP contribution is 2.59. The van der Waals surface area contributed by atoms with Crippen LogP contribution in [0.1, 0.15) is 48.0 Å². The first-order chi connectivity index (χ1) is 12.8. The average Bonchev–Trinajstić information content (AvgIpc) is 3.07. The molecule has 29 heavy (non-hydrogen) atoms. The van der Waals surface area contributed by atoms with Gasteiger partial charge < -0.3 is 18.8 Å². The maximum absolute atomic E-state index is 15.7. The molecule has 0 N–H and O–H groups in total. The van der Waals surface area contributed by atoms with E-state index in [-0.39, 0.29) is 0 Å². The molecule has 0 heterocycles. The first kappa shape index (κ1) is 25.1. The lowest BCUT2D eigenvalue weighted by Crippen LogP contribution is -2.57. The molecule has 2 atom stereocenters. The molecule has 0 spiro atoms. The van der Waals surface area contributed by atoms with E-state index in [2.05, 4.69) is 0 Å². The van der Waals surface area contributed by atoms with Crippen LogP contribution in [-0.4, -0.2) is 65.9 Å². The van der Waals surface area contributed by atoms with Crippen LogP contribution in [-0.2, 0) is 23.6 Å². The molecule has 1 fully saturated rings. The first-order valence-electron chi connectivity index (χ1n) is 9.07. The number of methoxy groups -OCH3 is 1. The number of carbonyl (C=O) groups is 3. The highest BCUT2D eigenvalue weighted by Gasteiger charge is 2.80. The standard InChI is InChI=1S/C19H31FNO7P/c1-16(2,3)27-14(23)21(15(24)28-17(4,5)6)19(13(22)26-7)12-18(19,20)10-11-29(8,9)25/h10-11H,12H2,1-9H3/b11-10+/t18-,19?/m0/s1. The van der Waals surface area contributed by atoms with Gasteiger partial charge in [0.2, 0.25) is 0 Å². The van der Waals surface area contributed by atoms with Crippen molar-refractivity contribution in [1.82, 2.24) is 4.90 Å². The summed E-state index contributed by atoms with van der Waals surface area (Å²) in [6.45, 7) is 12.2. The van der Waals surface area contributed by atoms with Crippen LogP contribution in [0.15, 0.2) is 11.9 Å². The number of carbonyl (C=O) groups excluding carboxylic acids is 3. The van der Waals surface area contributed by atoms with Crippen LogP contribution >= 0.6 is 7.14 Å². The number of ether oxygens (including phenoxy) is 3. The Morgan fingerprint density at radius 1 is 1.00 bits per heavy atom. The smallest absolute Gasteiger partial charge is 0.421 e. The number of hydrogen-bond acceptors (Lipinski definition) is 7. The molecule has 0 radical (unpaired) electrons. The minimum Gasteiger partial charge on any atom is -0.467 e. The van der Waals surface area contributed by atoms with Crippen LogP contribution in [0.2, 0.25) is 0 Å². The molecule has 1 aliphatic rings. The Bertz CT molecular complexity index is 733. The number of esters is 1. The van der Waals surface area contributed by atoms with Gasteiger partial charge in [0, 0.05) is 6.42 Å². The minimum absolute atomic E-state index is 0.329. The zero-order chi connectivity index (χ0) is 23.1. The Morgan fingerprint density at radius 3 is 1.72 bits per heavy atom. The van der Waals surface area contributed by atoms with E-state index in [4.69, 9.17) is 14.2 Å². The predicted octanol–water partition coefficient (Wildman–Crippen LogP) is 4.32. The SMILES string of the molecule is COC(=O)C1(N(C(=O)OC(C)(C)C)C(=O)OC(C)(C)C)C[C@@]1(F)/C=C/P(C)(C)=O. The number of alkyl halides is 1. The zero-order valence-electron chi connectivity index (χ0n) is 18.5. The summed E-state index contributed by atoms with van der Waals surface area (Å²) in [4.78, 5) is 38.6. The second-order valence-electron chi connectivity index (χ2n) is 9.44. The molecule has 8 nitrogen and oxygen atoms in total. The summed E-state index contributed by atoms with van der Waals surface area (Å²) in [5, 5.41) is 0. The topological polar surface area (TPSA) is 99.2 Å². The molecule has 0 bridgehead atoms. The summed E-state index contributed by atoms with van der Waals surface area (Å²) in [5.74, 6) is -0.0107. The molecule has 0 aromatic heterocycles. The number of imide groups is 1. The Hall–Kier alpha value is -1.89. The molecule has 2 amide bonds. The van der Waals surface area contributed by atoms with E-state index < -0.39 is 54.1 Å². The van der Waals surface area contributed by atoms with E-state index in [9.17, 15) is 18.9 Å². The molecule has 1 saturated carbocycles. The number of halogens is 1. The normalized spacial score (nSPS) is 24.8. The van der Waals surface area contributed by atoms with Gasteiger partial charge in [-0.3, -0.25) is 0 Å². The molecule has 0 saturated heterocycles. The van der Waals surface area contributed by atoms with Crippen molar-refractivity contribution in [3.8, 4) is 0 Å². The molecular weight excluding hydrogens is 404 g/mol. The Labute approximate surface area is 171 Å². The molecule has 1 rings (SSSR count). The lowest BCUT2D eigenvalue weighted by Gasteiger charge is -2.33. The van der Waals surface area contributed by atoms with E-state index >= 15 is 4.39 Å². The predicted molar refractivity (Wildman–Crippen MR) is 106 cm³/mol. The van der Waals surface area contributed by atoms with Gasteiger partial charge in [-0.2, -0.15) is 4.90 Å². The van der Waals surface area contributed by atoms with Gasteiger partial charge >= 0.3 is 18.2 Å². The van der Waals surface area contributed by atoms with Crippen LogP contribution in [0.5, 0.6) is 0 Å². The van der Waals surface area contributed by atoms with Crippen molar-refractivity contribution in [3.63, 3.8) is 0 Å². The van der Waals surface area contributed by atoms with Gasteiger partial charge in [-0.25, -0.2) is 18.8 Å². The minimum atomic E-state index is -2.79.